The largest absolute Gasteiger partial charge is 0.426 e. The number of hydrogen-bond acceptors (Lipinski definition) is 6. The lowest BCUT2D eigenvalue weighted by Crippen LogP contribution is -2.43. The Labute approximate surface area is 228 Å². The van der Waals surface area contributed by atoms with Gasteiger partial charge in [0.05, 0.1) is 27.8 Å². The molecule has 5 rings (SSSR count). The molecule has 8 nitrogen and oxygen atoms in total. The summed E-state index contributed by atoms with van der Waals surface area (Å²) in [6.45, 7) is 4.13. The van der Waals surface area contributed by atoms with E-state index in [0.29, 0.717) is 42.1 Å². The molecule has 1 fully saturated rings. The summed E-state index contributed by atoms with van der Waals surface area (Å²) in [5, 5.41) is 5.77. The fourth-order valence-electron chi connectivity index (χ4n) is 4.64. The number of esters is 1. The molecule has 3 aromatic carbocycles. The number of carbonyl (C=O) groups is 2. The number of sulfonamides is 1. The van der Waals surface area contributed by atoms with Gasteiger partial charge in [0.2, 0.25) is 10.0 Å². The number of hydrazone groups is 1. The predicted octanol–water partition coefficient (Wildman–Crippen LogP) is 4.81. The highest BCUT2D eigenvalue weighted by Gasteiger charge is 2.34. The van der Waals surface area contributed by atoms with E-state index in [1.807, 2.05) is 37.3 Å². The Morgan fingerprint density at radius 1 is 0.974 bits per heavy atom. The first kappa shape index (κ1) is 26.5. The highest BCUT2D eigenvalue weighted by Crippen LogP contribution is 2.27. The standard InChI is InChI=1S/C30H29N3O5S/c1-21-10-16-27(17-11-21)39(36,37)32-18-6-7-24(20-32)30(35)38-26-14-12-23(13-15-26)19-28-22(2)31-33(29(28)34)25-8-4-3-5-9-25/h3-5,8-17,19,24H,6-7,18,20H2,1-2H3. The molecule has 2 aliphatic rings. The molecule has 200 valence electrons. The molecule has 0 N–H and O–H groups in total. The van der Waals surface area contributed by atoms with Gasteiger partial charge in [-0.1, -0.05) is 48.0 Å². The summed E-state index contributed by atoms with van der Waals surface area (Å²) in [4.78, 5) is 26.1. The first-order valence-electron chi connectivity index (χ1n) is 12.8. The third kappa shape index (κ3) is 5.69. The molecular weight excluding hydrogens is 514 g/mol. The minimum Gasteiger partial charge on any atom is -0.426 e. The van der Waals surface area contributed by atoms with E-state index in [-0.39, 0.29) is 17.3 Å². The van der Waals surface area contributed by atoms with Crippen molar-refractivity contribution in [3.63, 3.8) is 0 Å². The molecule has 1 unspecified atom stereocenters. The zero-order valence-electron chi connectivity index (χ0n) is 21.8. The molecule has 0 spiro atoms. The number of carbonyl (C=O) groups excluding carboxylic acids is 2. The Kier molecular flexibility index (Phi) is 7.45. The average molecular weight is 544 g/mol. The Hall–Kier alpha value is -4.08. The van der Waals surface area contributed by atoms with Crippen molar-refractivity contribution in [3.8, 4) is 5.75 Å². The lowest BCUT2D eigenvalue weighted by molar-refractivity contribution is -0.140. The summed E-state index contributed by atoms with van der Waals surface area (Å²) < 4.78 is 33.1. The van der Waals surface area contributed by atoms with Gasteiger partial charge < -0.3 is 4.74 Å². The van der Waals surface area contributed by atoms with Crippen molar-refractivity contribution in [2.24, 2.45) is 11.0 Å². The maximum absolute atomic E-state index is 13.1. The zero-order valence-corrected chi connectivity index (χ0v) is 22.6. The maximum Gasteiger partial charge on any atom is 0.315 e. The molecule has 0 aromatic heterocycles. The quantitative estimate of drug-likeness (QED) is 0.253. The Bertz CT molecular complexity index is 1550. The second-order valence-electron chi connectivity index (χ2n) is 9.70. The Morgan fingerprint density at radius 2 is 1.67 bits per heavy atom. The normalized spacial score (nSPS) is 19.3. The molecular formula is C30H29N3O5S. The third-order valence-corrected chi connectivity index (χ3v) is 8.73. The molecule has 3 aromatic rings. The summed E-state index contributed by atoms with van der Waals surface area (Å²) in [5.74, 6) is -0.872. The topological polar surface area (TPSA) is 96.3 Å². The lowest BCUT2D eigenvalue weighted by atomic mass is 10.00. The first-order valence-corrected chi connectivity index (χ1v) is 14.2. The molecule has 0 aliphatic carbocycles. The van der Waals surface area contributed by atoms with Crippen LogP contribution >= 0.6 is 0 Å². The van der Waals surface area contributed by atoms with Gasteiger partial charge in [-0.2, -0.15) is 14.4 Å². The van der Waals surface area contributed by atoms with Crippen LogP contribution in [-0.2, 0) is 19.6 Å². The van der Waals surface area contributed by atoms with Crippen LogP contribution in [0.1, 0.15) is 30.9 Å². The number of nitrogens with zero attached hydrogens (tertiary/aromatic N) is 3. The summed E-state index contributed by atoms with van der Waals surface area (Å²) >= 11 is 0. The number of hydrogen-bond donors (Lipinski definition) is 0. The van der Waals surface area contributed by atoms with Crippen LogP contribution in [0.2, 0.25) is 0 Å². The maximum atomic E-state index is 13.1. The minimum atomic E-state index is -3.69. The summed E-state index contributed by atoms with van der Waals surface area (Å²) in [7, 11) is -3.69. The van der Waals surface area contributed by atoms with Crippen LogP contribution in [-0.4, -0.2) is 43.4 Å². The van der Waals surface area contributed by atoms with Crippen molar-refractivity contribution in [3.05, 3.63) is 95.6 Å². The van der Waals surface area contributed by atoms with Gasteiger partial charge in [0.1, 0.15) is 5.75 Å². The van der Waals surface area contributed by atoms with Crippen molar-refractivity contribution in [1.29, 1.82) is 0 Å². The number of piperidine rings is 1. The molecule has 39 heavy (non-hydrogen) atoms. The number of rotatable bonds is 6. The molecule has 2 aliphatic heterocycles. The van der Waals surface area contributed by atoms with Gasteiger partial charge >= 0.3 is 5.97 Å². The van der Waals surface area contributed by atoms with Gasteiger partial charge in [0.25, 0.3) is 5.91 Å². The molecule has 0 radical (unpaired) electrons. The number of benzene rings is 3. The average Bonchev–Trinajstić information content (AvgIpc) is 3.23. The number of anilines is 1. The van der Waals surface area contributed by atoms with Crippen molar-refractivity contribution in [1.82, 2.24) is 4.31 Å². The molecule has 2 heterocycles. The van der Waals surface area contributed by atoms with Crippen LogP contribution in [0.15, 0.2) is 94.4 Å². The predicted molar refractivity (Wildman–Crippen MR) is 150 cm³/mol. The van der Waals surface area contributed by atoms with Gasteiger partial charge in [-0.15, -0.1) is 0 Å². The fourth-order valence-corrected chi connectivity index (χ4v) is 6.16. The third-order valence-electron chi connectivity index (χ3n) is 6.85. The van der Waals surface area contributed by atoms with Gasteiger partial charge in [-0.05, 0) is 74.7 Å². The van der Waals surface area contributed by atoms with Gasteiger partial charge in [-0.25, -0.2) is 8.42 Å². The Morgan fingerprint density at radius 3 is 2.36 bits per heavy atom. The van der Waals surface area contributed by atoms with Gasteiger partial charge in [0, 0.05) is 13.1 Å². The lowest BCUT2D eigenvalue weighted by Gasteiger charge is -2.30. The van der Waals surface area contributed by atoms with Crippen LogP contribution in [0.4, 0.5) is 5.69 Å². The number of aryl methyl sites for hydroxylation is 1. The van der Waals surface area contributed by atoms with Crippen LogP contribution in [0.3, 0.4) is 0 Å². The number of amides is 1. The highest BCUT2D eigenvalue weighted by atomic mass is 32.2. The molecule has 0 bridgehead atoms. The summed E-state index contributed by atoms with van der Waals surface area (Å²) in [6.07, 6.45) is 2.89. The van der Waals surface area contributed by atoms with Crippen molar-refractivity contribution in [2.75, 3.05) is 18.1 Å². The molecule has 1 atom stereocenters. The van der Waals surface area contributed by atoms with Crippen molar-refractivity contribution < 1.29 is 22.7 Å². The van der Waals surface area contributed by atoms with E-state index < -0.39 is 21.9 Å². The van der Waals surface area contributed by atoms with E-state index in [9.17, 15) is 18.0 Å². The Balaban J connectivity index is 1.23. The second-order valence-corrected chi connectivity index (χ2v) is 11.6. The van der Waals surface area contributed by atoms with E-state index in [0.717, 1.165) is 11.1 Å². The van der Waals surface area contributed by atoms with Gasteiger partial charge in [0.15, 0.2) is 0 Å². The van der Waals surface area contributed by atoms with Crippen LogP contribution in [0.25, 0.3) is 6.08 Å². The van der Waals surface area contributed by atoms with Gasteiger partial charge in [-0.3, -0.25) is 9.59 Å². The van der Waals surface area contributed by atoms with E-state index in [1.54, 1.807) is 61.5 Å². The molecule has 9 heteroatoms. The first-order chi connectivity index (χ1) is 18.7. The summed E-state index contributed by atoms with van der Waals surface area (Å²) in [6, 6.07) is 22.8. The van der Waals surface area contributed by atoms with Crippen molar-refractivity contribution in [2.45, 2.75) is 31.6 Å². The smallest absolute Gasteiger partial charge is 0.315 e. The molecule has 1 amide bonds. The monoisotopic (exact) mass is 543 g/mol. The van der Waals surface area contributed by atoms with Crippen LogP contribution < -0.4 is 9.75 Å². The van der Waals surface area contributed by atoms with E-state index in [4.69, 9.17) is 4.74 Å². The molecule has 0 saturated carbocycles. The molecule has 1 saturated heterocycles. The second kappa shape index (κ2) is 11.0. The SMILES string of the molecule is CC1=NN(c2ccccc2)C(=O)C1=Cc1ccc(OC(=O)C2CCCN(S(=O)(=O)c3ccc(C)cc3)C2)cc1. The van der Waals surface area contributed by atoms with Crippen LogP contribution in [0.5, 0.6) is 5.75 Å². The minimum absolute atomic E-state index is 0.0812. The van der Waals surface area contributed by atoms with Crippen molar-refractivity contribution >= 4 is 39.4 Å². The van der Waals surface area contributed by atoms with E-state index in [2.05, 4.69) is 5.10 Å². The number of ether oxygens (including phenoxy) is 1. The highest BCUT2D eigenvalue weighted by molar-refractivity contribution is 7.89. The van der Waals surface area contributed by atoms with E-state index >= 15 is 0 Å². The zero-order chi connectivity index (χ0) is 27.6. The van der Waals surface area contributed by atoms with Crippen LogP contribution in [0, 0.1) is 12.8 Å². The fraction of sp³-hybridized carbons (Fsp3) is 0.233. The van der Waals surface area contributed by atoms with E-state index in [1.165, 1.54) is 9.31 Å². The summed E-state index contributed by atoms with van der Waals surface area (Å²) in [5.41, 5.74) is 3.53. The number of para-hydroxylation sites is 1.